The van der Waals surface area contributed by atoms with Crippen LogP contribution in [0.2, 0.25) is 0 Å². The SMILES string of the molecule is COc1ccc(C(C)C)cc1-c1nc(CC#N)c(C)[nH]1. The average Bonchev–Trinajstić information content (AvgIpc) is 2.80. The maximum absolute atomic E-state index is 8.81. The molecule has 0 aliphatic carbocycles. The van der Waals surface area contributed by atoms with Crippen molar-refractivity contribution in [2.45, 2.75) is 33.1 Å². The van der Waals surface area contributed by atoms with Crippen molar-refractivity contribution in [2.24, 2.45) is 0 Å². The lowest BCUT2D eigenvalue weighted by atomic mass is 10.00. The zero-order chi connectivity index (χ0) is 14.7. The Morgan fingerprint density at radius 2 is 2.15 bits per heavy atom. The van der Waals surface area contributed by atoms with E-state index in [0.29, 0.717) is 12.3 Å². The highest BCUT2D eigenvalue weighted by Crippen LogP contribution is 2.31. The minimum absolute atomic E-state index is 0.314. The first-order valence-corrected chi connectivity index (χ1v) is 6.67. The van der Waals surface area contributed by atoms with Crippen molar-refractivity contribution >= 4 is 0 Å². The summed E-state index contributed by atoms with van der Waals surface area (Å²) in [5, 5.41) is 8.81. The predicted octanol–water partition coefficient (Wildman–Crippen LogP) is 3.58. The van der Waals surface area contributed by atoms with Gasteiger partial charge in [0.2, 0.25) is 0 Å². The fraction of sp³-hybridized carbons (Fsp3) is 0.375. The van der Waals surface area contributed by atoms with Crippen molar-refractivity contribution in [3.05, 3.63) is 35.2 Å². The molecular weight excluding hydrogens is 250 g/mol. The topological polar surface area (TPSA) is 61.7 Å². The van der Waals surface area contributed by atoms with E-state index in [0.717, 1.165) is 28.5 Å². The average molecular weight is 269 g/mol. The summed E-state index contributed by atoms with van der Waals surface area (Å²) in [6, 6.07) is 8.26. The van der Waals surface area contributed by atoms with E-state index in [-0.39, 0.29) is 0 Å². The van der Waals surface area contributed by atoms with Gasteiger partial charge in [-0.05, 0) is 30.5 Å². The zero-order valence-electron chi connectivity index (χ0n) is 12.3. The van der Waals surface area contributed by atoms with E-state index in [2.05, 4.69) is 42.0 Å². The van der Waals surface area contributed by atoms with Gasteiger partial charge in [-0.25, -0.2) is 4.98 Å². The molecule has 0 saturated heterocycles. The Morgan fingerprint density at radius 1 is 1.40 bits per heavy atom. The maximum Gasteiger partial charge on any atom is 0.141 e. The molecule has 0 unspecified atom stereocenters. The Hall–Kier alpha value is -2.28. The Bertz CT molecular complexity index is 650. The van der Waals surface area contributed by atoms with Gasteiger partial charge in [-0.2, -0.15) is 5.26 Å². The van der Waals surface area contributed by atoms with Crippen LogP contribution in [0.25, 0.3) is 11.4 Å². The molecule has 1 heterocycles. The van der Waals surface area contributed by atoms with Gasteiger partial charge in [-0.3, -0.25) is 0 Å². The van der Waals surface area contributed by atoms with Gasteiger partial charge >= 0.3 is 0 Å². The Labute approximate surface area is 119 Å². The third-order valence-electron chi connectivity index (χ3n) is 3.38. The van der Waals surface area contributed by atoms with Crippen molar-refractivity contribution < 1.29 is 4.74 Å². The molecule has 0 amide bonds. The van der Waals surface area contributed by atoms with Crippen LogP contribution in [0.15, 0.2) is 18.2 Å². The van der Waals surface area contributed by atoms with Crippen LogP contribution in [0.4, 0.5) is 0 Å². The molecule has 20 heavy (non-hydrogen) atoms. The fourth-order valence-corrected chi connectivity index (χ4v) is 2.14. The predicted molar refractivity (Wildman–Crippen MR) is 78.7 cm³/mol. The standard InChI is InChI=1S/C16H19N3O/c1-10(2)12-5-6-15(20-4)13(9-12)16-18-11(3)14(19-16)7-8-17/h5-6,9-10H,7H2,1-4H3,(H,18,19). The van der Waals surface area contributed by atoms with Crippen molar-refractivity contribution in [1.29, 1.82) is 5.26 Å². The van der Waals surface area contributed by atoms with E-state index in [9.17, 15) is 0 Å². The number of nitrogens with zero attached hydrogens (tertiary/aromatic N) is 2. The number of aromatic amines is 1. The van der Waals surface area contributed by atoms with E-state index >= 15 is 0 Å². The van der Waals surface area contributed by atoms with Crippen LogP contribution in [0.3, 0.4) is 0 Å². The van der Waals surface area contributed by atoms with Crippen LogP contribution in [0.5, 0.6) is 5.75 Å². The van der Waals surface area contributed by atoms with Gasteiger partial charge in [0, 0.05) is 5.69 Å². The van der Waals surface area contributed by atoms with Gasteiger partial charge in [0.1, 0.15) is 11.6 Å². The fourth-order valence-electron chi connectivity index (χ4n) is 2.14. The number of aromatic nitrogens is 2. The summed E-state index contributed by atoms with van der Waals surface area (Å²) in [5.41, 5.74) is 3.89. The molecule has 0 fully saturated rings. The highest BCUT2D eigenvalue weighted by Gasteiger charge is 2.14. The minimum Gasteiger partial charge on any atom is -0.496 e. The van der Waals surface area contributed by atoms with Crippen molar-refractivity contribution in [1.82, 2.24) is 9.97 Å². The summed E-state index contributed by atoms with van der Waals surface area (Å²) in [7, 11) is 1.65. The second-order valence-electron chi connectivity index (χ2n) is 5.11. The van der Waals surface area contributed by atoms with Gasteiger partial charge in [0.05, 0.1) is 30.9 Å². The summed E-state index contributed by atoms with van der Waals surface area (Å²) in [6.45, 7) is 6.24. The molecule has 1 aromatic heterocycles. The number of methoxy groups -OCH3 is 1. The second kappa shape index (κ2) is 5.79. The van der Waals surface area contributed by atoms with Gasteiger partial charge in [0.15, 0.2) is 0 Å². The van der Waals surface area contributed by atoms with Crippen LogP contribution in [0, 0.1) is 18.3 Å². The lowest BCUT2D eigenvalue weighted by Gasteiger charge is -2.11. The summed E-state index contributed by atoms with van der Waals surface area (Å²) < 4.78 is 5.42. The molecule has 2 rings (SSSR count). The summed E-state index contributed by atoms with van der Waals surface area (Å²) in [5.74, 6) is 1.98. The van der Waals surface area contributed by atoms with E-state index in [4.69, 9.17) is 10.00 Å². The number of aryl methyl sites for hydroxylation is 1. The van der Waals surface area contributed by atoms with Gasteiger partial charge in [0.25, 0.3) is 0 Å². The van der Waals surface area contributed by atoms with Gasteiger partial charge in [-0.15, -0.1) is 0 Å². The molecule has 4 nitrogen and oxygen atoms in total. The van der Waals surface area contributed by atoms with Crippen LogP contribution < -0.4 is 4.74 Å². The number of hydrogen-bond acceptors (Lipinski definition) is 3. The molecule has 0 radical (unpaired) electrons. The Kier molecular flexibility index (Phi) is 4.09. The summed E-state index contributed by atoms with van der Waals surface area (Å²) >= 11 is 0. The Morgan fingerprint density at radius 3 is 2.75 bits per heavy atom. The largest absolute Gasteiger partial charge is 0.496 e. The Balaban J connectivity index is 2.52. The van der Waals surface area contributed by atoms with Gasteiger partial charge in [-0.1, -0.05) is 19.9 Å². The molecule has 0 aliphatic heterocycles. The summed E-state index contributed by atoms with van der Waals surface area (Å²) in [6.07, 6.45) is 0.314. The lowest BCUT2D eigenvalue weighted by molar-refractivity contribution is 0.416. The maximum atomic E-state index is 8.81. The highest BCUT2D eigenvalue weighted by atomic mass is 16.5. The lowest BCUT2D eigenvalue weighted by Crippen LogP contribution is -1.94. The molecule has 0 atom stereocenters. The number of H-pyrrole nitrogens is 1. The number of hydrogen-bond donors (Lipinski definition) is 1. The molecule has 0 aliphatic rings. The van der Waals surface area contributed by atoms with E-state index in [1.807, 2.05) is 13.0 Å². The molecule has 4 heteroatoms. The highest BCUT2D eigenvalue weighted by molar-refractivity contribution is 5.66. The third-order valence-corrected chi connectivity index (χ3v) is 3.38. The minimum atomic E-state index is 0.314. The molecule has 0 bridgehead atoms. The van der Waals surface area contributed by atoms with Crippen molar-refractivity contribution in [3.8, 4) is 23.2 Å². The van der Waals surface area contributed by atoms with Gasteiger partial charge < -0.3 is 9.72 Å². The smallest absolute Gasteiger partial charge is 0.141 e. The number of benzene rings is 1. The van der Waals surface area contributed by atoms with Crippen LogP contribution in [0.1, 0.15) is 36.7 Å². The zero-order valence-corrected chi connectivity index (χ0v) is 12.3. The third kappa shape index (κ3) is 2.67. The van der Waals surface area contributed by atoms with E-state index < -0.39 is 0 Å². The van der Waals surface area contributed by atoms with Crippen LogP contribution in [-0.4, -0.2) is 17.1 Å². The van der Waals surface area contributed by atoms with Crippen LogP contribution in [-0.2, 0) is 6.42 Å². The first kappa shape index (κ1) is 14.1. The molecule has 0 spiro atoms. The number of ether oxygens (including phenoxy) is 1. The first-order valence-electron chi connectivity index (χ1n) is 6.67. The first-order chi connectivity index (χ1) is 9.56. The normalized spacial score (nSPS) is 10.6. The quantitative estimate of drug-likeness (QED) is 0.922. The molecular formula is C16H19N3O. The van der Waals surface area contributed by atoms with Crippen LogP contribution >= 0.6 is 0 Å². The monoisotopic (exact) mass is 269 g/mol. The molecule has 1 aromatic carbocycles. The molecule has 0 saturated carbocycles. The number of rotatable bonds is 4. The summed E-state index contributed by atoms with van der Waals surface area (Å²) in [4.78, 5) is 7.77. The van der Waals surface area contributed by atoms with E-state index in [1.165, 1.54) is 5.56 Å². The van der Waals surface area contributed by atoms with Crippen molar-refractivity contribution in [3.63, 3.8) is 0 Å². The second-order valence-corrected chi connectivity index (χ2v) is 5.11. The molecule has 104 valence electrons. The molecule has 2 aromatic rings. The van der Waals surface area contributed by atoms with E-state index in [1.54, 1.807) is 7.11 Å². The number of nitriles is 1. The number of nitrogens with one attached hydrogen (secondary N) is 1. The van der Waals surface area contributed by atoms with Crippen molar-refractivity contribution in [2.75, 3.05) is 7.11 Å². The number of imidazole rings is 1. The molecule has 1 N–H and O–H groups in total.